The van der Waals surface area contributed by atoms with Crippen LogP contribution in [0.1, 0.15) is 31.9 Å². The van der Waals surface area contributed by atoms with Gasteiger partial charge in [0.15, 0.2) is 5.78 Å². The zero-order chi connectivity index (χ0) is 13.2. The Balaban J connectivity index is 2.85. The molecule has 1 nitrogen and oxygen atoms in total. The van der Waals surface area contributed by atoms with Crippen LogP contribution in [0.4, 0.5) is 4.39 Å². The molecule has 1 atom stereocenters. The molecule has 1 rings (SSSR count). The van der Waals surface area contributed by atoms with E-state index in [0.717, 1.165) is 5.56 Å². The molecule has 0 saturated heterocycles. The molecule has 94 valence electrons. The van der Waals surface area contributed by atoms with Crippen molar-refractivity contribution in [3.63, 3.8) is 0 Å². The number of hydrogen-bond donors (Lipinski definition) is 0. The van der Waals surface area contributed by atoms with Gasteiger partial charge in [0, 0.05) is 5.41 Å². The lowest BCUT2D eigenvalue weighted by molar-refractivity contribution is -0.125. The molecule has 0 aliphatic heterocycles. The fourth-order valence-corrected chi connectivity index (χ4v) is 2.66. The number of Topliss-reactive ketones (excluding diaryl/α,β-unsaturated/α-hetero) is 1. The number of benzene rings is 1. The topological polar surface area (TPSA) is 17.1 Å². The lowest BCUT2D eigenvalue weighted by atomic mass is 9.87. The van der Waals surface area contributed by atoms with E-state index in [1.165, 1.54) is 6.07 Å². The molecule has 0 spiro atoms. The minimum absolute atomic E-state index is 0.140. The van der Waals surface area contributed by atoms with Crippen LogP contribution in [0.5, 0.6) is 0 Å². The van der Waals surface area contributed by atoms with E-state index in [2.05, 4.69) is 15.9 Å². The van der Waals surface area contributed by atoms with Crippen LogP contribution >= 0.6 is 15.9 Å². The number of alkyl halides is 1. The highest BCUT2D eigenvalue weighted by Gasteiger charge is 2.28. The summed E-state index contributed by atoms with van der Waals surface area (Å²) in [4.78, 5) is 11.8. The van der Waals surface area contributed by atoms with Crippen LogP contribution < -0.4 is 0 Å². The van der Waals surface area contributed by atoms with E-state index in [1.54, 1.807) is 13.0 Å². The van der Waals surface area contributed by atoms with E-state index in [0.29, 0.717) is 12.0 Å². The molecule has 0 amide bonds. The molecule has 0 fully saturated rings. The van der Waals surface area contributed by atoms with Gasteiger partial charge in [-0.15, -0.1) is 0 Å². The third-order valence-corrected chi connectivity index (χ3v) is 3.54. The van der Waals surface area contributed by atoms with Crippen LogP contribution in [0.3, 0.4) is 0 Å². The second kappa shape index (κ2) is 5.30. The Labute approximate surface area is 111 Å². The SMILES string of the molecule is Cc1c(F)cccc1CC(Br)C(=O)C(C)(C)C. The van der Waals surface area contributed by atoms with Gasteiger partial charge in [-0.2, -0.15) is 0 Å². The first-order chi connectivity index (χ1) is 7.73. The molecule has 0 saturated carbocycles. The van der Waals surface area contributed by atoms with Gasteiger partial charge in [0.05, 0.1) is 4.83 Å². The van der Waals surface area contributed by atoms with Crippen molar-refractivity contribution >= 4 is 21.7 Å². The molecule has 17 heavy (non-hydrogen) atoms. The summed E-state index contributed by atoms with van der Waals surface area (Å²) in [5, 5.41) is 0. The molecule has 0 bridgehead atoms. The van der Waals surface area contributed by atoms with Crippen molar-refractivity contribution in [2.24, 2.45) is 5.41 Å². The van der Waals surface area contributed by atoms with Gasteiger partial charge in [-0.25, -0.2) is 4.39 Å². The summed E-state index contributed by atoms with van der Waals surface area (Å²) in [5.74, 6) is -0.0773. The zero-order valence-corrected chi connectivity index (χ0v) is 12.3. The Morgan fingerprint density at radius 3 is 2.53 bits per heavy atom. The summed E-state index contributed by atoms with van der Waals surface area (Å²) in [5.41, 5.74) is 1.12. The quantitative estimate of drug-likeness (QED) is 0.770. The molecule has 0 N–H and O–H groups in total. The van der Waals surface area contributed by atoms with Gasteiger partial charge in [0.25, 0.3) is 0 Å². The first kappa shape index (κ1) is 14.4. The molecule has 0 aliphatic carbocycles. The summed E-state index contributed by atoms with van der Waals surface area (Å²) in [6.07, 6.45) is 0.527. The van der Waals surface area contributed by atoms with E-state index in [9.17, 15) is 9.18 Å². The van der Waals surface area contributed by atoms with Crippen LogP contribution in [0.25, 0.3) is 0 Å². The normalized spacial score (nSPS) is 13.5. The molecular formula is C14H18BrFO. The summed E-state index contributed by atoms with van der Waals surface area (Å²) >= 11 is 3.40. The third kappa shape index (κ3) is 3.63. The Hall–Kier alpha value is -0.700. The van der Waals surface area contributed by atoms with Gasteiger partial charge in [-0.05, 0) is 30.5 Å². The van der Waals surface area contributed by atoms with E-state index >= 15 is 0 Å². The third-order valence-electron chi connectivity index (χ3n) is 2.80. The second-order valence-corrected chi connectivity index (χ2v) is 6.42. The van der Waals surface area contributed by atoms with Crippen molar-refractivity contribution in [1.29, 1.82) is 0 Å². The van der Waals surface area contributed by atoms with Crippen molar-refractivity contribution in [3.8, 4) is 0 Å². The molecule has 0 aromatic heterocycles. The smallest absolute Gasteiger partial charge is 0.152 e. The average Bonchev–Trinajstić information content (AvgIpc) is 2.22. The van der Waals surface area contributed by atoms with E-state index in [-0.39, 0.29) is 21.8 Å². The van der Waals surface area contributed by atoms with Gasteiger partial charge < -0.3 is 0 Å². The zero-order valence-electron chi connectivity index (χ0n) is 10.7. The molecule has 1 unspecified atom stereocenters. The molecular weight excluding hydrogens is 283 g/mol. The Morgan fingerprint density at radius 1 is 1.41 bits per heavy atom. The second-order valence-electron chi connectivity index (χ2n) is 5.31. The fraction of sp³-hybridized carbons (Fsp3) is 0.500. The number of hydrogen-bond acceptors (Lipinski definition) is 1. The summed E-state index contributed by atoms with van der Waals surface area (Å²) < 4.78 is 13.4. The molecule has 0 radical (unpaired) electrons. The Kier molecular flexibility index (Phi) is 4.48. The minimum atomic E-state index is -0.380. The lowest BCUT2D eigenvalue weighted by Gasteiger charge is -2.21. The molecule has 0 heterocycles. The van der Waals surface area contributed by atoms with Gasteiger partial charge in [-0.1, -0.05) is 48.8 Å². The maximum Gasteiger partial charge on any atom is 0.152 e. The Bertz CT molecular complexity index is 421. The van der Waals surface area contributed by atoms with Crippen LogP contribution in [-0.4, -0.2) is 10.6 Å². The largest absolute Gasteiger partial charge is 0.298 e. The summed E-state index contributed by atoms with van der Waals surface area (Å²) in [6.45, 7) is 7.41. The minimum Gasteiger partial charge on any atom is -0.298 e. The van der Waals surface area contributed by atoms with Gasteiger partial charge in [0.1, 0.15) is 5.82 Å². The van der Waals surface area contributed by atoms with Gasteiger partial charge in [0.2, 0.25) is 0 Å². The standard InChI is InChI=1S/C14H18BrFO/c1-9-10(6-5-7-12(9)16)8-11(15)13(17)14(2,3)4/h5-7,11H,8H2,1-4H3. The highest BCUT2D eigenvalue weighted by Crippen LogP contribution is 2.24. The molecule has 0 aliphatic rings. The van der Waals surface area contributed by atoms with Gasteiger partial charge in [-0.3, -0.25) is 4.79 Å². The maximum absolute atomic E-state index is 13.4. The molecule has 1 aromatic rings. The monoisotopic (exact) mass is 300 g/mol. The number of halogens is 2. The van der Waals surface area contributed by atoms with E-state index < -0.39 is 0 Å². The molecule has 1 aromatic carbocycles. The predicted octanol–water partition coefficient (Wildman–Crippen LogP) is 4.06. The van der Waals surface area contributed by atoms with E-state index in [1.807, 2.05) is 26.8 Å². The number of carbonyl (C=O) groups excluding carboxylic acids is 1. The highest BCUT2D eigenvalue weighted by atomic mass is 79.9. The van der Waals surface area contributed by atoms with Crippen LogP contribution in [0.15, 0.2) is 18.2 Å². The highest BCUT2D eigenvalue weighted by molar-refractivity contribution is 9.10. The van der Waals surface area contributed by atoms with Crippen molar-refractivity contribution in [3.05, 3.63) is 35.1 Å². The number of ketones is 1. The molecule has 3 heteroatoms. The predicted molar refractivity (Wildman–Crippen MR) is 72.0 cm³/mol. The van der Waals surface area contributed by atoms with Crippen molar-refractivity contribution in [2.45, 2.75) is 38.9 Å². The maximum atomic E-state index is 13.4. The Morgan fingerprint density at radius 2 is 2.00 bits per heavy atom. The van der Waals surface area contributed by atoms with Crippen molar-refractivity contribution < 1.29 is 9.18 Å². The average molecular weight is 301 g/mol. The number of carbonyl (C=O) groups is 1. The van der Waals surface area contributed by atoms with Gasteiger partial charge >= 0.3 is 0 Å². The van der Waals surface area contributed by atoms with Crippen molar-refractivity contribution in [2.75, 3.05) is 0 Å². The lowest BCUT2D eigenvalue weighted by Crippen LogP contribution is -2.30. The van der Waals surface area contributed by atoms with E-state index in [4.69, 9.17) is 0 Å². The summed E-state index contributed by atoms with van der Waals surface area (Å²) in [7, 11) is 0. The first-order valence-corrected chi connectivity index (χ1v) is 6.57. The first-order valence-electron chi connectivity index (χ1n) is 5.66. The van der Waals surface area contributed by atoms with Crippen LogP contribution in [0.2, 0.25) is 0 Å². The summed E-state index contributed by atoms with van der Waals surface area (Å²) in [6, 6.07) is 4.98. The van der Waals surface area contributed by atoms with Crippen molar-refractivity contribution in [1.82, 2.24) is 0 Å². The number of rotatable bonds is 3. The van der Waals surface area contributed by atoms with Crippen LogP contribution in [0, 0.1) is 18.2 Å². The van der Waals surface area contributed by atoms with Crippen LogP contribution in [-0.2, 0) is 11.2 Å². The fourth-order valence-electron chi connectivity index (χ4n) is 1.63.